The number of aryl methyl sites for hydroxylation is 1. The molecule has 1 heterocycles. The third kappa shape index (κ3) is 4.16. The molecular formula is C29H29NO4S. The molecule has 0 radical (unpaired) electrons. The van der Waals surface area contributed by atoms with Crippen LogP contribution in [0.25, 0.3) is 6.08 Å². The van der Waals surface area contributed by atoms with Crippen LogP contribution < -0.4 is 4.31 Å². The van der Waals surface area contributed by atoms with Gasteiger partial charge in [-0.1, -0.05) is 66.2 Å². The number of carbonyl (C=O) groups is 1. The Morgan fingerprint density at radius 2 is 1.54 bits per heavy atom. The minimum atomic E-state index is -3.81. The van der Waals surface area contributed by atoms with Crippen molar-refractivity contribution in [3.8, 4) is 0 Å². The number of hydrogen-bond acceptors (Lipinski definition) is 4. The van der Waals surface area contributed by atoms with Crippen LogP contribution in [0.3, 0.4) is 0 Å². The SMILES string of the molecule is Cc1ccc(S(=O)(=O)N2c3ccccc3[C@H]3[C@@H](/C(=C/c4ccccc4)OC(=O)C(C)(C)C)[C@H]32)cc1. The fourth-order valence-corrected chi connectivity index (χ4v) is 6.44. The second-order valence-electron chi connectivity index (χ2n) is 10.3. The highest BCUT2D eigenvalue weighted by atomic mass is 32.2. The van der Waals surface area contributed by atoms with Crippen molar-refractivity contribution in [1.82, 2.24) is 0 Å². The van der Waals surface area contributed by atoms with E-state index < -0.39 is 15.4 Å². The third-order valence-electron chi connectivity index (χ3n) is 6.62. The third-order valence-corrected chi connectivity index (χ3v) is 8.45. The molecule has 180 valence electrons. The number of nitrogens with zero attached hydrogens (tertiary/aromatic N) is 1. The summed E-state index contributed by atoms with van der Waals surface area (Å²) in [5, 5.41) is 0. The zero-order valence-electron chi connectivity index (χ0n) is 20.3. The van der Waals surface area contributed by atoms with Crippen molar-refractivity contribution < 1.29 is 17.9 Å². The van der Waals surface area contributed by atoms with Crippen molar-refractivity contribution in [1.29, 1.82) is 0 Å². The number of rotatable bonds is 5. The first-order valence-corrected chi connectivity index (χ1v) is 13.2. The first-order valence-electron chi connectivity index (χ1n) is 11.8. The summed E-state index contributed by atoms with van der Waals surface area (Å²) in [5.41, 5.74) is 2.86. The van der Waals surface area contributed by atoms with Gasteiger partial charge in [-0.3, -0.25) is 9.10 Å². The van der Waals surface area contributed by atoms with Gasteiger partial charge in [-0.15, -0.1) is 0 Å². The Balaban J connectivity index is 1.58. The van der Waals surface area contributed by atoms with Gasteiger partial charge in [0.2, 0.25) is 0 Å². The Morgan fingerprint density at radius 1 is 0.914 bits per heavy atom. The normalized spacial score (nSPS) is 21.3. The van der Waals surface area contributed by atoms with E-state index in [-0.39, 0.29) is 28.7 Å². The quantitative estimate of drug-likeness (QED) is 0.331. The van der Waals surface area contributed by atoms with Crippen molar-refractivity contribution in [2.45, 2.75) is 44.6 Å². The van der Waals surface area contributed by atoms with Crippen LogP contribution >= 0.6 is 0 Å². The number of benzene rings is 3. The minimum absolute atomic E-state index is 0.0749. The molecule has 0 bridgehead atoms. The molecule has 0 aromatic heterocycles. The number of esters is 1. The fraction of sp³-hybridized carbons (Fsp3) is 0.276. The van der Waals surface area contributed by atoms with Crippen molar-refractivity contribution in [3.63, 3.8) is 0 Å². The van der Waals surface area contributed by atoms with Crippen LogP contribution in [0.4, 0.5) is 5.69 Å². The van der Waals surface area contributed by atoms with Crippen LogP contribution in [-0.4, -0.2) is 20.4 Å². The summed E-state index contributed by atoms with van der Waals surface area (Å²) in [6, 6.07) is 23.8. The summed E-state index contributed by atoms with van der Waals surface area (Å²) >= 11 is 0. The Hall–Kier alpha value is -3.38. The van der Waals surface area contributed by atoms with E-state index in [0.717, 1.165) is 16.7 Å². The lowest BCUT2D eigenvalue weighted by molar-refractivity contribution is -0.148. The number of hydrogen-bond donors (Lipinski definition) is 0. The van der Waals surface area contributed by atoms with E-state index >= 15 is 0 Å². The number of carbonyl (C=O) groups excluding carboxylic acids is 1. The predicted molar refractivity (Wildman–Crippen MR) is 137 cm³/mol. The lowest BCUT2D eigenvalue weighted by atomic mass is 9.97. The molecule has 3 atom stereocenters. The first-order chi connectivity index (χ1) is 16.6. The van der Waals surface area contributed by atoms with E-state index in [1.165, 1.54) is 4.31 Å². The molecule has 1 fully saturated rings. The zero-order valence-corrected chi connectivity index (χ0v) is 21.1. The maximum atomic E-state index is 13.9. The van der Waals surface area contributed by atoms with Gasteiger partial charge in [0.05, 0.1) is 22.0 Å². The maximum Gasteiger partial charge on any atom is 0.316 e. The molecule has 5 rings (SSSR count). The minimum Gasteiger partial charge on any atom is -0.430 e. The molecule has 1 aliphatic heterocycles. The van der Waals surface area contributed by atoms with Gasteiger partial charge in [-0.2, -0.15) is 0 Å². The highest BCUT2D eigenvalue weighted by molar-refractivity contribution is 7.93. The second-order valence-corrected chi connectivity index (χ2v) is 12.1. The topological polar surface area (TPSA) is 63.7 Å². The number of ether oxygens (including phenoxy) is 1. The van der Waals surface area contributed by atoms with Crippen molar-refractivity contribution >= 4 is 27.8 Å². The van der Waals surface area contributed by atoms with Gasteiger partial charge < -0.3 is 4.74 Å². The first kappa shape index (κ1) is 23.4. The Labute approximate surface area is 207 Å². The van der Waals surface area contributed by atoms with Crippen LogP contribution in [-0.2, 0) is 19.6 Å². The second kappa shape index (κ2) is 8.38. The van der Waals surface area contributed by atoms with Gasteiger partial charge in [0.25, 0.3) is 10.0 Å². The predicted octanol–water partition coefficient (Wildman–Crippen LogP) is 5.92. The van der Waals surface area contributed by atoms with Crippen LogP contribution in [0.15, 0.2) is 89.5 Å². The van der Waals surface area contributed by atoms with Crippen LogP contribution in [0.1, 0.15) is 43.4 Å². The molecule has 1 aliphatic carbocycles. The number of fused-ring (bicyclic) bond motifs is 3. The van der Waals surface area contributed by atoms with Gasteiger partial charge in [0.1, 0.15) is 5.76 Å². The van der Waals surface area contributed by atoms with E-state index in [1.807, 2.05) is 101 Å². The molecule has 0 saturated heterocycles. The fourth-order valence-electron chi connectivity index (χ4n) is 4.72. The van der Waals surface area contributed by atoms with Gasteiger partial charge in [0, 0.05) is 11.8 Å². The highest BCUT2D eigenvalue weighted by Gasteiger charge is 2.65. The summed E-state index contributed by atoms with van der Waals surface area (Å²) in [6.45, 7) is 7.37. The Kier molecular flexibility index (Phi) is 5.59. The van der Waals surface area contributed by atoms with Gasteiger partial charge in [-0.25, -0.2) is 8.42 Å². The molecule has 35 heavy (non-hydrogen) atoms. The van der Waals surface area contributed by atoms with Gasteiger partial charge in [0.15, 0.2) is 0 Å². The molecule has 2 aliphatic rings. The average molecular weight is 488 g/mol. The van der Waals surface area contributed by atoms with E-state index in [1.54, 1.807) is 12.1 Å². The molecular weight excluding hydrogens is 458 g/mol. The molecule has 1 saturated carbocycles. The van der Waals surface area contributed by atoms with Crippen LogP contribution in [0.2, 0.25) is 0 Å². The highest BCUT2D eigenvalue weighted by Crippen LogP contribution is 2.64. The lowest BCUT2D eigenvalue weighted by Gasteiger charge is -2.25. The summed E-state index contributed by atoms with van der Waals surface area (Å²) in [4.78, 5) is 13.2. The Morgan fingerprint density at radius 3 is 2.20 bits per heavy atom. The summed E-state index contributed by atoms with van der Waals surface area (Å²) in [5.74, 6) is -0.165. The molecule has 3 aromatic rings. The van der Waals surface area contributed by atoms with Crippen LogP contribution in [0.5, 0.6) is 0 Å². The molecule has 0 amide bonds. The smallest absolute Gasteiger partial charge is 0.316 e. The molecule has 0 N–H and O–H groups in total. The average Bonchev–Trinajstić information content (AvgIpc) is 3.43. The molecule has 3 aromatic carbocycles. The molecule has 5 nitrogen and oxygen atoms in total. The summed E-state index contributed by atoms with van der Waals surface area (Å²) in [7, 11) is -3.81. The molecule has 6 heteroatoms. The van der Waals surface area contributed by atoms with E-state index in [9.17, 15) is 13.2 Å². The van der Waals surface area contributed by atoms with E-state index in [4.69, 9.17) is 4.74 Å². The summed E-state index contributed by atoms with van der Waals surface area (Å²) < 4.78 is 35.2. The van der Waals surface area contributed by atoms with Gasteiger partial charge >= 0.3 is 5.97 Å². The van der Waals surface area contributed by atoms with E-state index in [0.29, 0.717) is 11.4 Å². The molecule has 0 unspecified atom stereocenters. The van der Waals surface area contributed by atoms with Crippen molar-refractivity contribution in [2.75, 3.05) is 4.31 Å². The number of sulfonamides is 1. The number of para-hydroxylation sites is 1. The van der Waals surface area contributed by atoms with Gasteiger partial charge in [-0.05, 0) is 63.1 Å². The largest absolute Gasteiger partial charge is 0.430 e. The monoisotopic (exact) mass is 487 g/mol. The summed E-state index contributed by atoms with van der Waals surface area (Å²) in [6.07, 6.45) is 1.87. The number of anilines is 1. The van der Waals surface area contributed by atoms with E-state index in [2.05, 4.69) is 0 Å². The Bertz CT molecular complexity index is 1400. The standard InChI is InChI=1S/C29H29NO4S/c1-19-14-16-21(17-15-19)35(32,33)30-23-13-9-8-12-22(23)25-26(27(25)30)24(34-28(31)29(2,3)4)18-20-10-6-5-7-11-20/h5-18,25-27H,1-4H3/b24-18-/t25-,26+,27-/m0/s1. The zero-order chi connectivity index (χ0) is 25.0. The van der Waals surface area contributed by atoms with Crippen LogP contribution in [0, 0.1) is 18.3 Å². The lowest BCUT2D eigenvalue weighted by Crippen LogP contribution is -2.33. The maximum absolute atomic E-state index is 13.9. The van der Waals surface area contributed by atoms with Crippen molar-refractivity contribution in [2.24, 2.45) is 11.3 Å². The van der Waals surface area contributed by atoms with Crippen molar-refractivity contribution in [3.05, 3.63) is 101 Å². The molecule has 0 spiro atoms.